The Morgan fingerprint density at radius 2 is 1.81 bits per heavy atom. The Kier molecular flexibility index (Phi) is 6.84. The van der Waals surface area contributed by atoms with Crippen molar-refractivity contribution in [3.63, 3.8) is 0 Å². The van der Waals surface area contributed by atoms with E-state index < -0.39 is 5.60 Å². The van der Waals surface area contributed by atoms with Crippen molar-refractivity contribution < 1.29 is 5.11 Å². The summed E-state index contributed by atoms with van der Waals surface area (Å²) < 4.78 is 0. The van der Waals surface area contributed by atoms with E-state index in [4.69, 9.17) is 0 Å². The molecule has 0 aliphatic heterocycles. The highest BCUT2D eigenvalue weighted by atomic mass is 16.3. The van der Waals surface area contributed by atoms with Crippen molar-refractivity contribution in [1.29, 1.82) is 0 Å². The van der Waals surface area contributed by atoms with Gasteiger partial charge in [0.1, 0.15) is 17.5 Å². The normalized spacial score (nSPS) is 14.0. The van der Waals surface area contributed by atoms with Gasteiger partial charge in [0.05, 0.1) is 5.60 Å². The van der Waals surface area contributed by atoms with Gasteiger partial charge in [0.15, 0.2) is 0 Å². The molecule has 1 unspecified atom stereocenters. The second-order valence-electron chi connectivity index (χ2n) is 5.92. The number of aryl methyl sites for hydroxylation is 1. The molecule has 1 atom stereocenters. The molecule has 1 heterocycles. The van der Waals surface area contributed by atoms with Crippen LogP contribution in [0.2, 0.25) is 0 Å². The molecule has 6 heteroatoms. The minimum absolute atomic E-state index is 0.444. The number of hydrogen-bond donors (Lipinski definition) is 3. The van der Waals surface area contributed by atoms with Crippen LogP contribution in [-0.2, 0) is 6.42 Å². The average Bonchev–Trinajstić information content (AvgIpc) is 2.36. The molecule has 0 saturated heterocycles. The molecule has 1 rings (SSSR count). The van der Waals surface area contributed by atoms with Gasteiger partial charge in [-0.2, -0.15) is 0 Å². The molecule has 120 valence electrons. The predicted molar refractivity (Wildman–Crippen MR) is 87.9 cm³/mol. The fraction of sp³-hybridized carbons (Fsp3) is 0.733. The van der Waals surface area contributed by atoms with E-state index in [0.717, 1.165) is 36.8 Å². The number of anilines is 2. The minimum Gasteiger partial charge on any atom is -0.387 e. The van der Waals surface area contributed by atoms with Crippen molar-refractivity contribution in [3.05, 3.63) is 11.9 Å². The first-order valence-corrected chi connectivity index (χ1v) is 7.59. The smallest absolute Gasteiger partial charge is 0.133 e. The Morgan fingerprint density at radius 1 is 1.19 bits per heavy atom. The van der Waals surface area contributed by atoms with Crippen molar-refractivity contribution in [2.45, 2.75) is 39.2 Å². The van der Waals surface area contributed by atoms with Crippen molar-refractivity contribution in [2.24, 2.45) is 0 Å². The molecular formula is C15H29N5O. The quantitative estimate of drug-likeness (QED) is 0.642. The molecule has 0 radical (unpaired) electrons. The molecule has 0 aliphatic carbocycles. The number of aliphatic hydroxyl groups is 1. The van der Waals surface area contributed by atoms with Crippen LogP contribution >= 0.6 is 0 Å². The topological polar surface area (TPSA) is 73.3 Å². The van der Waals surface area contributed by atoms with Gasteiger partial charge in [-0.3, -0.25) is 0 Å². The fourth-order valence-corrected chi connectivity index (χ4v) is 2.21. The van der Waals surface area contributed by atoms with Crippen LogP contribution in [0.3, 0.4) is 0 Å². The van der Waals surface area contributed by atoms with Crippen LogP contribution in [0.5, 0.6) is 0 Å². The Balaban J connectivity index is 2.76. The monoisotopic (exact) mass is 295 g/mol. The number of likely N-dealkylation sites (N-methyl/N-ethyl adjacent to an activating group) is 1. The summed E-state index contributed by atoms with van der Waals surface area (Å²) in [4.78, 5) is 10.9. The maximum absolute atomic E-state index is 10.3. The molecule has 1 aromatic heterocycles. The van der Waals surface area contributed by atoms with Crippen LogP contribution in [0.1, 0.15) is 33.0 Å². The second kappa shape index (κ2) is 8.14. The van der Waals surface area contributed by atoms with E-state index in [1.165, 1.54) is 0 Å². The molecule has 6 nitrogen and oxygen atoms in total. The average molecular weight is 295 g/mol. The third-order valence-electron chi connectivity index (χ3n) is 2.91. The van der Waals surface area contributed by atoms with Crippen LogP contribution in [0.15, 0.2) is 6.07 Å². The molecule has 3 N–H and O–H groups in total. The van der Waals surface area contributed by atoms with Crippen molar-refractivity contribution >= 4 is 11.6 Å². The molecule has 0 saturated carbocycles. The highest BCUT2D eigenvalue weighted by Gasteiger charge is 2.21. The third-order valence-corrected chi connectivity index (χ3v) is 2.91. The molecule has 0 aliphatic rings. The predicted octanol–water partition coefficient (Wildman–Crippen LogP) is 1.59. The highest BCUT2D eigenvalue weighted by Crippen LogP contribution is 2.14. The lowest BCUT2D eigenvalue weighted by Gasteiger charge is -2.27. The molecule has 0 spiro atoms. The maximum atomic E-state index is 10.3. The Labute approximate surface area is 128 Å². The Morgan fingerprint density at radius 3 is 2.33 bits per heavy atom. The molecule has 21 heavy (non-hydrogen) atoms. The second-order valence-corrected chi connectivity index (χ2v) is 5.92. The zero-order chi connectivity index (χ0) is 15.9. The molecule has 0 bridgehead atoms. The summed E-state index contributed by atoms with van der Waals surface area (Å²) in [6.45, 7) is 7.82. The van der Waals surface area contributed by atoms with E-state index in [1.807, 2.05) is 38.9 Å². The number of nitrogens with one attached hydrogen (secondary N) is 2. The Hall–Kier alpha value is -1.40. The van der Waals surface area contributed by atoms with E-state index in [9.17, 15) is 5.11 Å². The largest absolute Gasteiger partial charge is 0.387 e. The van der Waals surface area contributed by atoms with Gasteiger partial charge >= 0.3 is 0 Å². The number of rotatable bonds is 9. The maximum Gasteiger partial charge on any atom is 0.133 e. The van der Waals surface area contributed by atoms with Crippen LogP contribution in [0.4, 0.5) is 11.6 Å². The first kappa shape index (κ1) is 17.7. The summed E-state index contributed by atoms with van der Waals surface area (Å²) in [6, 6.07) is 1.88. The molecule has 0 aromatic carbocycles. The summed E-state index contributed by atoms with van der Waals surface area (Å²) in [6.07, 6.45) is 1.86. The minimum atomic E-state index is -0.808. The molecular weight excluding hydrogens is 266 g/mol. The van der Waals surface area contributed by atoms with E-state index in [-0.39, 0.29) is 0 Å². The molecule has 1 aromatic rings. The van der Waals surface area contributed by atoms with Crippen LogP contribution in [0, 0.1) is 0 Å². The summed E-state index contributed by atoms with van der Waals surface area (Å²) in [5, 5.41) is 16.8. The van der Waals surface area contributed by atoms with Crippen LogP contribution in [0.25, 0.3) is 0 Å². The number of aromatic nitrogens is 2. The van der Waals surface area contributed by atoms with Gasteiger partial charge in [-0.25, -0.2) is 9.97 Å². The van der Waals surface area contributed by atoms with E-state index in [1.54, 1.807) is 0 Å². The van der Waals surface area contributed by atoms with Gasteiger partial charge in [-0.15, -0.1) is 0 Å². The summed E-state index contributed by atoms with van der Waals surface area (Å²) in [5.41, 5.74) is -0.808. The van der Waals surface area contributed by atoms with Gasteiger partial charge < -0.3 is 20.6 Å². The van der Waals surface area contributed by atoms with Crippen LogP contribution in [-0.4, -0.2) is 59.3 Å². The van der Waals surface area contributed by atoms with E-state index in [0.29, 0.717) is 13.1 Å². The SMILES string of the molecule is CCCc1nc(NCC)cc(NCC(C)(O)CN(C)C)n1. The number of hydrogen-bond acceptors (Lipinski definition) is 6. The molecule has 0 amide bonds. The van der Waals surface area contributed by atoms with Gasteiger partial charge in [0.2, 0.25) is 0 Å². The van der Waals surface area contributed by atoms with Gasteiger partial charge in [-0.1, -0.05) is 6.92 Å². The fourth-order valence-electron chi connectivity index (χ4n) is 2.21. The van der Waals surface area contributed by atoms with Gasteiger partial charge in [0.25, 0.3) is 0 Å². The lowest BCUT2D eigenvalue weighted by Crippen LogP contribution is -2.43. The first-order chi connectivity index (χ1) is 9.86. The molecule has 0 fully saturated rings. The Bertz CT molecular complexity index is 410. The first-order valence-electron chi connectivity index (χ1n) is 7.59. The summed E-state index contributed by atoms with van der Waals surface area (Å²) in [5.74, 6) is 2.40. The number of nitrogens with zero attached hydrogens (tertiary/aromatic N) is 3. The van der Waals surface area contributed by atoms with Crippen LogP contribution < -0.4 is 10.6 Å². The zero-order valence-corrected chi connectivity index (χ0v) is 13.9. The highest BCUT2D eigenvalue weighted by molar-refractivity contribution is 5.47. The lowest BCUT2D eigenvalue weighted by molar-refractivity contribution is 0.0459. The van der Waals surface area contributed by atoms with E-state index >= 15 is 0 Å². The standard InChI is InChI=1S/C15H29N5O/c1-6-8-12-18-13(16-7-2)9-14(19-12)17-10-15(3,21)11-20(4)5/h9,21H,6-8,10-11H2,1-5H3,(H2,16,17,18,19). The summed E-state index contributed by atoms with van der Waals surface area (Å²) in [7, 11) is 3.89. The van der Waals surface area contributed by atoms with E-state index in [2.05, 4.69) is 27.5 Å². The van der Waals surface area contributed by atoms with Gasteiger partial charge in [-0.05, 0) is 34.4 Å². The zero-order valence-electron chi connectivity index (χ0n) is 13.9. The third kappa shape index (κ3) is 6.73. The van der Waals surface area contributed by atoms with Crippen molar-refractivity contribution in [2.75, 3.05) is 44.4 Å². The van der Waals surface area contributed by atoms with Crippen molar-refractivity contribution in [1.82, 2.24) is 14.9 Å². The summed E-state index contributed by atoms with van der Waals surface area (Å²) >= 11 is 0. The van der Waals surface area contributed by atoms with Crippen molar-refractivity contribution in [3.8, 4) is 0 Å². The lowest BCUT2D eigenvalue weighted by atomic mass is 10.1. The van der Waals surface area contributed by atoms with Gasteiger partial charge in [0, 0.05) is 32.1 Å².